The Labute approximate surface area is 277 Å². The molecule has 6 aromatic carbocycles. The second-order valence-electron chi connectivity index (χ2n) is 12.4. The Hall–Kier alpha value is -4.63. The van der Waals surface area contributed by atoms with Gasteiger partial charge < -0.3 is 0 Å². The van der Waals surface area contributed by atoms with Gasteiger partial charge in [0.15, 0.2) is 0 Å². The highest BCUT2D eigenvalue weighted by Gasteiger charge is 2.30. The van der Waals surface area contributed by atoms with E-state index in [9.17, 15) is 0 Å². The Morgan fingerprint density at radius 3 is 1.33 bits per heavy atom. The number of aryl methyl sites for hydroxylation is 6. The molecule has 0 amide bonds. The maximum atomic E-state index is 3.71. The van der Waals surface area contributed by atoms with Gasteiger partial charge in [0.25, 0.3) is 0 Å². The van der Waals surface area contributed by atoms with Crippen LogP contribution in [0.2, 0.25) is 0 Å². The smallest absolute Gasteiger partial charge is 0.0657 e. The molecule has 0 spiro atoms. The summed E-state index contributed by atoms with van der Waals surface area (Å²) >= 11 is 0. The third-order valence-electron chi connectivity index (χ3n) is 8.83. The number of rotatable bonds is 6. The standard InChI is InChI=1S/C44H40BP/c1-31-27-33(3)43(34(4)28-31)45(44-35(5)29-32(2)30-36(44)6)41-23-15-13-17-37(41)25-26-38-18-14-16-24-42(38)46(39-19-9-7-10-20-39)40-21-11-8-12-22-40/h7-24,27-30H,1-6H3. The van der Waals surface area contributed by atoms with E-state index < -0.39 is 7.92 Å². The van der Waals surface area contributed by atoms with Crippen molar-refractivity contribution in [3.05, 3.63) is 178 Å². The summed E-state index contributed by atoms with van der Waals surface area (Å²) in [6, 6.07) is 48.6. The Bertz CT molecular complexity index is 1920. The molecule has 2 heteroatoms. The van der Waals surface area contributed by atoms with E-state index in [0.717, 1.165) is 11.1 Å². The van der Waals surface area contributed by atoms with E-state index in [4.69, 9.17) is 0 Å². The molecule has 0 N–H and O–H groups in total. The molecular formula is C44H40BP. The number of hydrogen-bond acceptors (Lipinski definition) is 0. The van der Waals surface area contributed by atoms with Gasteiger partial charge in [-0.15, -0.1) is 0 Å². The van der Waals surface area contributed by atoms with Gasteiger partial charge in [0.05, 0.1) is 0 Å². The average Bonchev–Trinajstić information content (AvgIpc) is 3.04. The first-order chi connectivity index (χ1) is 22.3. The van der Waals surface area contributed by atoms with Crippen molar-refractivity contribution >= 4 is 46.9 Å². The van der Waals surface area contributed by atoms with Crippen molar-refractivity contribution in [1.82, 2.24) is 0 Å². The van der Waals surface area contributed by atoms with Gasteiger partial charge in [-0.3, -0.25) is 0 Å². The van der Waals surface area contributed by atoms with E-state index in [1.807, 2.05) is 0 Å². The molecule has 0 aliphatic heterocycles. The Balaban J connectivity index is 1.54. The highest BCUT2D eigenvalue weighted by atomic mass is 31.1. The zero-order valence-electron chi connectivity index (χ0n) is 27.7. The highest BCUT2D eigenvalue weighted by Crippen LogP contribution is 2.33. The zero-order chi connectivity index (χ0) is 32.2. The van der Waals surface area contributed by atoms with Gasteiger partial charge in [0.2, 0.25) is 6.71 Å². The van der Waals surface area contributed by atoms with E-state index in [-0.39, 0.29) is 6.71 Å². The predicted octanol–water partition coefficient (Wildman–Crippen LogP) is 7.21. The summed E-state index contributed by atoms with van der Waals surface area (Å²) in [5, 5.41) is 3.94. The number of benzene rings is 6. The first-order valence-electron chi connectivity index (χ1n) is 16.1. The lowest BCUT2D eigenvalue weighted by molar-refractivity contribution is 1.34. The van der Waals surface area contributed by atoms with Crippen molar-refractivity contribution in [2.24, 2.45) is 0 Å². The molecule has 0 radical (unpaired) electrons. The van der Waals surface area contributed by atoms with Crippen LogP contribution in [0.1, 0.15) is 44.5 Å². The molecule has 0 aliphatic rings. The fourth-order valence-electron chi connectivity index (χ4n) is 7.10. The van der Waals surface area contributed by atoms with E-state index >= 15 is 0 Å². The molecule has 0 nitrogen and oxygen atoms in total. The van der Waals surface area contributed by atoms with Crippen LogP contribution in [-0.4, -0.2) is 6.71 Å². The maximum absolute atomic E-state index is 3.71. The van der Waals surface area contributed by atoms with E-state index in [0.29, 0.717) is 0 Å². The molecule has 0 heterocycles. The molecule has 46 heavy (non-hydrogen) atoms. The largest absolute Gasteiger partial charge is 0.244 e. The molecule has 0 fully saturated rings. The van der Waals surface area contributed by atoms with Gasteiger partial charge in [-0.05, 0) is 72.2 Å². The van der Waals surface area contributed by atoms with Gasteiger partial charge in [0.1, 0.15) is 0 Å². The summed E-state index contributed by atoms with van der Waals surface area (Å²) in [7, 11) is -0.766. The lowest BCUT2D eigenvalue weighted by atomic mass is 9.33. The molecular weight excluding hydrogens is 570 g/mol. The van der Waals surface area contributed by atoms with Crippen molar-refractivity contribution in [2.75, 3.05) is 0 Å². The minimum Gasteiger partial charge on any atom is -0.0657 e. The molecule has 6 aromatic rings. The van der Waals surface area contributed by atoms with Gasteiger partial charge in [-0.25, -0.2) is 0 Å². The zero-order valence-corrected chi connectivity index (χ0v) is 28.6. The fourth-order valence-corrected chi connectivity index (χ4v) is 9.50. The molecule has 0 saturated heterocycles. The van der Waals surface area contributed by atoms with Crippen LogP contribution in [-0.2, 0) is 0 Å². The van der Waals surface area contributed by atoms with Crippen LogP contribution in [0.4, 0.5) is 0 Å². The summed E-state index contributed by atoms with van der Waals surface area (Å²) in [5.41, 5.74) is 14.1. The minimum absolute atomic E-state index is 0.0766. The van der Waals surface area contributed by atoms with Crippen LogP contribution in [0.5, 0.6) is 0 Å². The Kier molecular flexibility index (Phi) is 9.40. The molecule has 0 unspecified atom stereocenters. The predicted molar refractivity (Wildman–Crippen MR) is 204 cm³/mol. The van der Waals surface area contributed by atoms with E-state index in [1.165, 1.54) is 65.7 Å². The van der Waals surface area contributed by atoms with Gasteiger partial charge >= 0.3 is 0 Å². The van der Waals surface area contributed by atoms with Crippen LogP contribution in [0.3, 0.4) is 0 Å². The lowest BCUT2D eigenvalue weighted by Crippen LogP contribution is -2.56. The van der Waals surface area contributed by atoms with Gasteiger partial charge in [0, 0.05) is 16.4 Å². The first-order valence-corrected chi connectivity index (χ1v) is 17.4. The van der Waals surface area contributed by atoms with Crippen LogP contribution < -0.4 is 32.3 Å². The maximum Gasteiger partial charge on any atom is 0.244 e. The van der Waals surface area contributed by atoms with Crippen molar-refractivity contribution in [2.45, 2.75) is 41.5 Å². The summed E-state index contributed by atoms with van der Waals surface area (Å²) in [6.07, 6.45) is 0. The third-order valence-corrected chi connectivity index (χ3v) is 11.3. The second-order valence-corrected chi connectivity index (χ2v) is 14.6. The molecule has 0 aliphatic carbocycles. The summed E-state index contributed by atoms with van der Waals surface area (Å²) < 4.78 is 0. The van der Waals surface area contributed by atoms with Gasteiger partial charge in [-0.2, -0.15) is 0 Å². The SMILES string of the molecule is Cc1cc(C)c(B(c2ccccc2C#Cc2ccccc2P(c2ccccc2)c2ccccc2)c2c(C)cc(C)cc2C)c(C)c1. The van der Waals surface area contributed by atoms with Crippen LogP contribution >= 0.6 is 7.92 Å². The molecule has 0 aromatic heterocycles. The van der Waals surface area contributed by atoms with Crippen LogP contribution in [0.25, 0.3) is 0 Å². The summed E-state index contributed by atoms with van der Waals surface area (Å²) in [5.74, 6) is 7.40. The Morgan fingerprint density at radius 2 is 0.826 bits per heavy atom. The molecule has 224 valence electrons. The normalized spacial score (nSPS) is 10.8. The molecule has 0 saturated carbocycles. The minimum atomic E-state index is -0.766. The topological polar surface area (TPSA) is 0 Å². The Morgan fingerprint density at radius 1 is 0.435 bits per heavy atom. The highest BCUT2D eigenvalue weighted by molar-refractivity contribution is 7.80. The average molecular weight is 611 g/mol. The van der Waals surface area contributed by atoms with E-state index in [1.54, 1.807) is 0 Å². The van der Waals surface area contributed by atoms with Crippen molar-refractivity contribution < 1.29 is 0 Å². The summed E-state index contributed by atoms with van der Waals surface area (Å²) in [4.78, 5) is 0. The molecule has 6 rings (SSSR count). The first kappa shape index (κ1) is 31.4. The molecule has 0 bridgehead atoms. The fraction of sp³-hybridized carbons (Fsp3) is 0.136. The van der Waals surface area contributed by atoms with Crippen LogP contribution in [0.15, 0.2) is 133 Å². The van der Waals surface area contributed by atoms with E-state index in [2.05, 4.69) is 187 Å². The van der Waals surface area contributed by atoms with Crippen molar-refractivity contribution in [3.8, 4) is 11.8 Å². The van der Waals surface area contributed by atoms with Gasteiger partial charge in [-0.1, -0.05) is 183 Å². The van der Waals surface area contributed by atoms with Crippen molar-refractivity contribution in [3.63, 3.8) is 0 Å². The van der Waals surface area contributed by atoms with Crippen molar-refractivity contribution in [1.29, 1.82) is 0 Å². The third kappa shape index (κ3) is 6.51. The number of hydrogen-bond donors (Lipinski definition) is 0. The van der Waals surface area contributed by atoms with Crippen LogP contribution in [0, 0.1) is 53.4 Å². The summed E-state index contributed by atoms with van der Waals surface area (Å²) in [6.45, 7) is 13.5. The molecule has 0 atom stereocenters. The lowest BCUT2D eigenvalue weighted by Gasteiger charge is -2.25. The second kappa shape index (κ2) is 13.8. The quantitative estimate of drug-likeness (QED) is 0.106. The monoisotopic (exact) mass is 610 g/mol.